The molecule has 0 bridgehead atoms. The monoisotopic (exact) mass is 366 g/mol. The Morgan fingerprint density at radius 2 is 1.52 bits per heavy atom. The maximum atomic E-state index is 13.0. The molecule has 0 radical (unpaired) electrons. The number of benzene rings is 2. The first-order valence-electron chi connectivity index (χ1n) is 9.57. The summed E-state index contributed by atoms with van der Waals surface area (Å²) in [6, 6.07) is 12.1. The fourth-order valence-corrected chi connectivity index (χ4v) is 4.03. The molecule has 27 heavy (non-hydrogen) atoms. The molecule has 2 heterocycles. The van der Waals surface area contributed by atoms with Crippen molar-refractivity contribution in [3.63, 3.8) is 0 Å². The number of fused-ring (bicyclic) bond motifs is 1. The van der Waals surface area contributed by atoms with Gasteiger partial charge >= 0.3 is 0 Å². The Balaban J connectivity index is 1.50. The SMILES string of the molecule is COc1cc2c(cc1OC)CN(C(=O)c1ccc(N3CCCC3)cc1)CC2. The molecule has 0 saturated carbocycles. The lowest BCUT2D eigenvalue weighted by Crippen LogP contribution is -2.36. The highest BCUT2D eigenvalue weighted by molar-refractivity contribution is 5.94. The third-order valence-electron chi connectivity index (χ3n) is 5.59. The van der Waals surface area contributed by atoms with E-state index in [0.717, 1.165) is 42.9 Å². The van der Waals surface area contributed by atoms with E-state index >= 15 is 0 Å². The summed E-state index contributed by atoms with van der Waals surface area (Å²) in [5, 5.41) is 0. The number of amides is 1. The second-order valence-electron chi connectivity index (χ2n) is 7.19. The van der Waals surface area contributed by atoms with E-state index in [9.17, 15) is 4.79 Å². The summed E-state index contributed by atoms with van der Waals surface area (Å²) >= 11 is 0. The first kappa shape index (κ1) is 17.7. The maximum absolute atomic E-state index is 13.0. The van der Waals surface area contributed by atoms with Crippen LogP contribution in [0, 0.1) is 0 Å². The van der Waals surface area contributed by atoms with Crippen molar-refractivity contribution >= 4 is 11.6 Å². The minimum Gasteiger partial charge on any atom is -0.493 e. The fraction of sp³-hybridized carbons (Fsp3) is 0.409. The van der Waals surface area contributed by atoms with Crippen molar-refractivity contribution in [2.75, 3.05) is 38.8 Å². The summed E-state index contributed by atoms with van der Waals surface area (Å²) in [7, 11) is 3.28. The molecule has 2 aromatic rings. The molecule has 5 nitrogen and oxygen atoms in total. The Labute approximate surface area is 160 Å². The van der Waals surface area contributed by atoms with Gasteiger partial charge in [-0.15, -0.1) is 0 Å². The molecule has 0 atom stereocenters. The van der Waals surface area contributed by atoms with Crippen LogP contribution in [-0.4, -0.2) is 44.7 Å². The minimum absolute atomic E-state index is 0.0865. The van der Waals surface area contributed by atoms with Crippen LogP contribution < -0.4 is 14.4 Å². The van der Waals surface area contributed by atoms with Gasteiger partial charge in [0, 0.05) is 37.4 Å². The Kier molecular flexibility index (Phi) is 4.92. The molecular formula is C22H26N2O3. The molecule has 4 rings (SSSR count). The normalized spacial score (nSPS) is 16.2. The van der Waals surface area contributed by atoms with E-state index in [-0.39, 0.29) is 5.91 Å². The van der Waals surface area contributed by atoms with E-state index in [0.29, 0.717) is 12.3 Å². The van der Waals surface area contributed by atoms with Crippen LogP contribution in [0.3, 0.4) is 0 Å². The Bertz CT molecular complexity index is 826. The van der Waals surface area contributed by atoms with Gasteiger partial charge in [0.1, 0.15) is 0 Å². The molecule has 5 heteroatoms. The average molecular weight is 366 g/mol. The summed E-state index contributed by atoms with van der Waals surface area (Å²) in [6.45, 7) is 3.54. The number of carbonyl (C=O) groups excluding carboxylic acids is 1. The number of anilines is 1. The smallest absolute Gasteiger partial charge is 0.254 e. The Morgan fingerprint density at radius 3 is 2.15 bits per heavy atom. The zero-order valence-electron chi connectivity index (χ0n) is 16.0. The van der Waals surface area contributed by atoms with Crippen LogP contribution in [0.5, 0.6) is 11.5 Å². The highest BCUT2D eigenvalue weighted by Crippen LogP contribution is 2.33. The second kappa shape index (κ2) is 7.51. The first-order valence-corrected chi connectivity index (χ1v) is 9.57. The van der Waals surface area contributed by atoms with E-state index in [1.54, 1.807) is 14.2 Å². The van der Waals surface area contributed by atoms with Gasteiger partial charge in [0.05, 0.1) is 14.2 Å². The highest BCUT2D eigenvalue weighted by Gasteiger charge is 2.24. The zero-order valence-corrected chi connectivity index (χ0v) is 16.0. The molecule has 0 aliphatic carbocycles. The van der Waals surface area contributed by atoms with Crippen LogP contribution in [0.25, 0.3) is 0 Å². The molecule has 1 saturated heterocycles. The third kappa shape index (κ3) is 3.46. The molecule has 0 N–H and O–H groups in total. The number of carbonyl (C=O) groups is 1. The van der Waals surface area contributed by atoms with E-state index in [1.165, 1.54) is 24.1 Å². The summed E-state index contributed by atoms with van der Waals surface area (Å²) in [5.41, 5.74) is 4.31. The molecule has 2 aromatic carbocycles. The maximum Gasteiger partial charge on any atom is 0.254 e. The van der Waals surface area contributed by atoms with Crippen molar-refractivity contribution in [1.82, 2.24) is 4.90 Å². The third-order valence-corrected chi connectivity index (χ3v) is 5.59. The van der Waals surface area contributed by atoms with E-state index < -0.39 is 0 Å². The lowest BCUT2D eigenvalue weighted by Gasteiger charge is -2.30. The van der Waals surface area contributed by atoms with Crippen LogP contribution in [0.4, 0.5) is 5.69 Å². The van der Waals surface area contributed by atoms with Crippen LogP contribution in [0.15, 0.2) is 36.4 Å². The molecule has 0 spiro atoms. The van der Waals surface area contributed by atoms with Crippen LogP contribution >= 0.6 is 0 Å². The summed E-state index contributed by atoms with van der Waals surface area (Å²) in [4.78, 5) is 17.3. The van der Waals surface area contributed by atoms with Crippen LogP contribution in [-0.2, 0) is 13.0 Å². The molecule has 2 aliphatic rings. The lowest BCUT2D eigenvalue weighted by atomic mass is 9.98. The van der Waals surface area contributed by atoms with E-state index in [4.69, 9.17) is 9.47 Å². The topological polar surface area (TPSA) is 42.0 Å². The Morgan fingerprint density at radius 1 is 0.889 bits per heavy atom. The van der Waals surface area contributed by atoms with Crippen molar-refractivity contribution in [3.8, 4) is 11.5 Å². The van der Waals surface area contributed by atoms with Crippen LogP contribution in [0.1, 0.15) is 34.3 Å². The number of ether oxygens (including phenoxy) is 2. The minimum atomic E-state index is 0.0865. The zero-order chi connectivity index (χ0) is 18.8. The van der Waals surface area contributed by atoms with Gasteiger partial charge in [0.15, 0.2) is 11.5 Å². The predicted octanol–water partition coefficient (Wildman–Crippen LogP) is 3.50. The van der Waals surface area contributed by atoms with Gasteiger partial charge in [0.25, 0.3) is 5.91 Å². The van der Waals surface area contributed by atoms with Gasteiger partial charge in [-0.1, -0.05) is 0 Å². The number of nitrogens with zero attached hydrogens (tertiary/aromatic N) is 2. The largest absolute Gasteiger partial charge is 0.493 e. The molecule has 1 fully saturated rings. The van der Waals surface area contributed by atoms with Crippen molar-refractivity contribution < 1.29 is 14.3 Å². The summed E-state index contributed by atoms with van der Waals surface area (Å²) in [6.07, 6.45) is 3.33. The number of hydrogen-bond donors (Lipinski definition) is 0. The quantitative estimate of drug-likeness (QED) is 0.831. The number of rotatable bonds is 4. The average Bonchev–Trinajstić information content (AvgIpc) is 3.26. The van der Waals surface area contributed by atoms with Gasteiger partial charge in [-0.2, -0.15) is 0 Å². The van der Waals surface area contributed by atoms with Crippen molar-refractivity contribution in [2.24, 2.45) is 0 Å². The van der Waals surface area contributed by atoms with E-state index in [2.05, 4.69) is 17.0 Å². The number of hydrogen-bond acceptors (Lipinski definition) is 4. The standard InChI is InChI=1S/C22H26N2O3/c1-26-20-13-17-9-12-24(15-18(17)14-21(20)27-2)22(25)16-5-7-19(8-6-16)23-10-3-4-11-23/h5-8,13-14H,3-4,9-12,15H2,1-2H3. The molecule has 0 unspecified atom stereocenters. The number of methoxy groups -OCH3 is 2. The van der Waals surface area contributed by atoms with Gasteiger partial charge in [-0.3, -0.25) is 4.79 Å². The fourth-order valence-electron chi connectivity index (χ4n) is 4.03. The molecule has 1 amide bonds. The van der Waals surface area contributed by atoms with Gasteiger partial charge in [-0.25, -0.2) is 0 Å². The molecular weight excluding hydrogens is 340 g/mol. The first-order chi connectivity index (χ1) is 13.2. The van der Waals surface area contributed by atoms with Gasteiger partial charge in [0.2, 0.25) is 0 Å². The lowest BCUT2D eigenvalue weighted by molar-refractivity contribution is 0.0734. The van der Waals surface area contributed by atoms with Crippen molar-refractivity contribution in [3.05, 3.63) is 53.1 Å². The molecule has 142 valence electrons. The van der Waals surface area contributed by atoms with Crippen molar-refractivity contribution in [1.29, 1.82) is 0 Å². The molecule has 2 aliphatic heterocycles. The van der Waals surface area contributed by atoms with Gasteiger partial charge < -0.3 is 19.3 Å². The second-order valence-corrected chi connectivity index (χ2v) is 7.19. The van der Waals surface area contributed by atoms with E-state index in [1.807, 2.05) is 29.2 Å². The molecule has 0 aromatic heterocycles. The van der Waals surface area contributed by atoms with Gasteiger partial charge in [-0.05, 0) is 66.8 Å². The summed E-state index contributed by atoms with van der Waals surface area (Å²) < 4.78 is 10.8. The Hall–Kier alpha value is -2.69. The van der Waals surface area contributed by atoms with Crippen LogP contribution in [0.2, 0.25) is 0 Å². The summed E-state index contributed by atoms with van der Waals surface area (Å²) in [5.74, 6) is 1.54. The van der Waals surface area contributed by atoms with Crippen molar-refractivity contribution in [2.45, 2.75) is 25.8 Å². The predicted molar refractivity (Wildman–Crippen MR) is 106 cm³/mol. The highest BCUT2D eigenvalue weighted by atomic mass is 16.5.